The number of benzene rings is 1. The highest BCUT2D eigenvalue weighted by Crippen LogP contribution is 2.19. The number of nitrogens with two attached hydrogens (primary N) is 1. The lowest BCUT2D eigenvalue weighted by atomic mass is 9.98. The van der Waals surface area contributed by atoms with Gasteiger partial charge in [-0.1, -0.05) is 59.1 Å². The molecule has 0 fully saturated rings. The molecule has 0 amide bonds. The fourth-order valence-corrected chi connectivity index (χ4v) is 2.96. The van der Waals surface area contributed by atoms with Crippen LogP contribution in [0.25, 0.3) is 5.70 Å². The number of nitriles is 1. The van der Waals surface area contributed by atoms with Crippen molar-refractivity contribution in [2.45, 2.75) is 79.2 Å². The first-order valence-corrected chi connectivity index (χ1v) is 11.1. The molecule has 1 aromatic carbocycles. The van der Waals surface area contributed by atoms with Crippen LogP contribution in [0.4, 0.5) is 4.39 Å². The summed E-state index contributed by atoms with van der Waals surface area (Å²) in [7, 11) is 1.72. The number of carbonyl (C=O) groups is 1. The summed E-state index contributed by atoms with van der Waals surface area (Å²) < 4.78 is 13.6. The van der Waals surface area contributed by atoms with Crippen LogP contribution in [0.3, 0.4) is 0 Å². The maximum atomic E-state index is 13.6. The molecule has 5 heteroatoms. The Morgan fingerprint density at radius 1 is 1.23 bits per heavy atom. The van der Waals surface area contributed by atoms with Crippen LogP contribution in [0, 0.1) is 29.0 Å². The molecular formula is C25H40FN3O. The van der Waals surface area contributed by atoms with E-state index in [1.807, 2.05) is 6.92 Å². The molecule has 1 aromatic rings. The van der Waals surface area contributed by atoms with Crippen molar-refractivity contribution in [3.8, 4) is 6.07 Å². The minimum absolute atomic E-state index is 0.0119. The lowest BCUT2D eigenvalue weighted by Crippen LogP contribution is -2.18. The van der Waals surface area contributed by atoms with E-state index in [0.29, 0.717) is 23.7 Å². The Hall–Kier alpha value is -2.19. The zero-order chi connectivity index (χ0) is 23.1. The van der Waals surface area contributed by atoms with Gasteiger partial charge in [0.15, 0.2) is 0 Å². The van der Waals surface area contributed by atoms with Gasteiger partial charge in [-0.3, -0.25) is 4.79 Å². The standard InChI is InChI=1S/C15H17FN2O.C10H23N/c1-4-11(10(2)19)8-15(18-3)12-5-6-13(9-17)14(16)7-12;1-4-9(3)7-6-8-10(11)5-2/h5-8,11,18H,4H2,1-3H3;9-10H,4-8,11H2,1-3H3/b15-8-;. The molecule has 0 bridgehead atoms. The third kappa shape index (κ3) is 10.5. The van der Waals surface area contributed by atoms with Crippen molar-refractivity contribution in [2.75, 3.05) is 7.05 Å². The van der Waals surface area contributed by atoms with Gasteiger partial charge in [-0.25, -0.2) is 4.39 Å². The summed E-state index contributed by atoms with van der Waals surface area (Å²) in [4.78, 5) is 11.4. The number of allylic oxidation sites excluding steroid dienone is 1. The molecule has 1 rings (SSSR count). The van der Waals surface area contributed by atoms with E-state index in [0.717, 1.165) is 12.3 Å². The Morgan fingerprint density at radius 3 is 2.33 bits per heavy atom. The molecule has 0 aliphatic carbocycles. The van der Waals surface area contributed by atoms with Crippen LogP contribution in [-0.4, -0.2) is 18.9 Å². The molecule has 0 heterocycles. The number of hydrogen-bond acceptors (Lipinski definition) is 4. The number of hydrogen-bond donors (Lipinski definition) is 2. The van der Waals surface area contributed by atoms with E-state index >= 15 is 0 Å². The lowest BCUT2D eigenvalue weighted by molar-refractivity contribution is -0.119. The SMILES string of the molecule is CCC(/C=C(\NC)c1ccc(C#N)c(F)c1)C(C)=O.CCC(C)CCCC(N)CC. The third-order valence-electron chi connectivity index (χ3n) is 5.49. The van der Waals surface area contributed by atoms with Gasteiger partial charge in [-0.05, 0) is 44.2 Å². The van der Waals surface area contributed by atoms with Gasteiger partial charge in [-0.15, -0.1) is 0 Å². The van der Waals surface area contributed by atoms with Crippen molar-refractivity contribution in [3.05, 3.63) is 41.2 Å². The highest BCUT2D eigenvalue weighted by atomic mass is 19.1. The molecule has 168 valence electrons. The Kier molecular flexibility index (Phi) is 14.5. The first-order chi connectivity index (χ1) is 14.2. The van der Waals surface area contributed by atoms with E-state index in [9.17, 15) is 9.18 Å². The highest BCUT2D eigenvalue weighted by Gasteiger charge is 2.12. The molecule has 0 radical (unpaired) electrons. The second kappa shape index (κ2) is 15.6. The molecule has 3 unspecified atom stereocenters. The molecular weight excluding hydrogens is 377 g/mol. The van der Waals surface area contributed by atoms with E-state index < -0.39 is 5.82 Å². The maximum absolute atomic E-state index is 13.6. The summed E-state index contributed by atoms with van der Waals surface area (Å²) in [5, 5.41) is 11.7. The van der Waals surface area contributed by atoms with E-state index in [1.165, 1.54) is 44.7 Å². The molecule has 3 N–H and O–H groups in total. The van der Waals surface area contributed by atoms with Crippen LogP contribution >= 0.6 is 0 Å². The average Bonchev–Trinajstić information content (AvgIpc) is 2.74. The summed E-state index contributed by atoms with van der Waals surface area (Å²) in [5.74, 6) is 0.210. The van der Waals surface area contributed by atoms with Gasteiger partial charge < -0.3 is 11.1 Å². The predicted molar refractivity (Wildman–Crippen MR) is 124 cm³/mol. The van der Waals surface area contributed by atoms with Crippen LogP contribution in [0.15, 0.2) is 24.3 Å². The quantitative estimate of drug-likeness (QED) is 0.476. The number of carbonyl (C=O) groups excluding carboxylic acids is 1. The van der Waals surface area contributed by atoms with Crippen LogP contribution in [0.5, 0.6) is 0 Å². The zero-order valence-corrected chi connectivity index (χ0v) is 19.6. The summed E-state index contributed by atoms with van der Waals surface area (Å²) in [6.07, 6.45) is 8.79. The predicted octanol–water partition coefficient (Wildman–Crippen LogP) is 5.81. The van der Waals surface area contributed by atoms with Crippen LogP contribution in [0.2, 0.25) is 0 Å². The van der Waals surface area contributed by atoms with E-state index in [4.69, 9.17) is 11.0 Å². The third-order valence-corrected chi connectivity index (χ3v) is 5.49. The number of Topliss-reactive ketones (excluding diaryl/α,β-unsaturated/α-hetero) is 1. The largest absolute Gasteiger partial charge is 0.388 e. The smallest absolute Gasteiger partial charge is 0.141 e. The molecule has 0 saturated heterocycles. The number of ketones is 1. The zero-order valence-electron chi connectivity index (χ0n) is 19.6. The maximum Gasteiger partial charge on any atom is 0.141 e. The Morgan fingerprint density at radius 2 is 1.90 bits per heavy atom. The topological polar surface area (TPSA) is 78.9 Å². The number of halogens is 1. The number of rotatable bonds is 11. The van der Waals surface area contributed by atoms with E-state index in [2.05, 4.69) is 26.1 Å². The molecule has 0 spiro atoms. The highest BCUT2D eigenvalue weighted by molar-refractivity contribution is 5.82. The first kappa shape index (κ1) is 27.8. The second-order valence-electron chi connectivity index (χ2n) is 7.87. The summed E-state index contributed by atoms with van der Waals surface area (Å²) in [6.45, 7) is 10.2. The van der Waals surface area contributed by atoms with Gasteiger partial charge in [0.25, 0.3) is 0 Å². The van der Waals surface area contributed by atoms with Gasteiger partial charge in [0.1, 0.15) is 17.7 Å². The van der Waals surface area contributed by atoms with Gasteiger partial charge in [0.2, 0.25) is 0 Å². The summed E-state index contributed by atoms with van der Waals surface area (Å²) >= 11 is 0. The first-order valence-electron chi connectivity index (χ1n) is 11.1. The molecule has 0 aromatic heterocycles. The molecule has 0 saturated carbocycles. The Balaban J connectivity index is 0.000000654. The van der Waals surface area contributed by atoms with Crippen molar-refractivity contribution < 1.29 is 9.18 Å². The van der Waals surface area contributed by atoms with E-state index in [1.54, 1.807) is 25.3 Å². The molecule has 30 heavy (non-hydrogen) atoms. The Bertz CT molecular complexity index is 699. The molecule has 3 atom stereocenters. The van der Waals surface area contributed by atoms with Crippen LogP contribution in [-0.2, 0) is 4.79 Å². The van der Waals surface area contributed by atoms with Crippen molar-refractivity contribution in [2.24, 2.45) is 17.6 Å². The van der Waals surface area contributed by atoms with Crippen molar-refractivity contribution in [3.63, 3.8) is 0 Å². The molecule has 0 aliphatic heterocycles. The molecule has 0 aliphatic rings. The lowest BCUT2D eigenvalue weighted by Gasteiger charge is -2.12. The average molecular weight is 418 g/mol. The fraction of sp³-hybridized carbons (Fsp3) is 0.600. The van der Waals surface area contributed by atoms with Gasteiger partial charge in [0.05, 0.1) is 5.56 Å². The summed E-state index contributed by atoms with van der Waals surface area (Å²) in [5.41, 5.74) is 7.12. The monoisotopic (exact) mass is 417 g/mol. The van der Waals surface area contributed by atoms with Gasteiger partial charge in [-0.2, -0.15) is 5.26 Å². The minimum Gasteiger partial charge on any atom is -0.388 e. The van der Waals surface area contributed by atoms with Crippen molar-refractivity contribution >= 4 is 11.5 Å². The minimum atomic E-state index is -0.558. The second-order valence-corrected chi connectivity index (χ2v) is 7.87. The number of nitrogens with zero attached hydrogens (tertiary/aromatic N) is 1. The van der Waals surface area contributed by atoms with Crippen molar-refractivity contribution in [1.29, 1.82) is 5.26 Å². The van der Waals surface area contributed by atoms with Crippen molar-refractivity contribution in [1.82, 2.24) is 5.32 Å². The van der Waals surface area contributed by atoms with Crippen LogP contribution < -0.4 is 11.1 Å². The number of nitrogens with one attached hydrogen (secondary N) is 1. The van der Waals surface area contributed by atoms with Crippen LogP contribution in [0.1, 0.15) is 84.3 Å². The van der Waals surface area contributed by atoms with Gasteiger partial charge in [0, 0.05) is 30.3 Å². The molecule has 4 nitrogen and oxygen atoms in total. The normalized spacial score (nSPS) is 14.0. The Labute approximate surface area is 182 Å². The van der Waals surface area contributed by atoms with Gasteiger partial charge >= 0.3 is 0 Å². The van der Waals surface area contributed by atoms with E-state index in [-0.39, 0.29) is 17.3 Å². The summed E-state index contributed by atoms with van der Waals surface area (Å²) in [6, 6.07) is 6.62. The fourth-order valence-electron chi connectivity index (χ4n) is 2.96.